The maximum Gasteiger partial charge on any atom is 0.282 e. The Kier molecular flexibility index (Phi) is 4.84. The van der Waals surface area contributed by atoms with Crippen LogP contribution in [0.3, 0.4) is 0 Å². The van der Waals surface area contributed by atoms with Crippen LogP contribution in [0.4, 0.5) is 0 Å². The lowest BCUT2D eigenvalue weighted by molar-refractivity contribution is 0.0972. The number of piperidine rings is 1. The molecule has 0 bridgehead atoms. The van der Waals surface area contributed by atoms with E-state index >= 15 is 0 Å². The number of rotatable bonds is 4. The molecule has 3 unspecified atom stereocenters. The third-order valence-electron chi connectivity index (χ3n) is 4.25. The predicted molar refractivity (Wildman–Crippen MR) is 71.9 cm³/mol. The first kappa shape index (κ1) is 15.2. The van der Waals surface area contributed by atoms with E-state index in [-0.39, 0.29) is 24.8 Å². The number of likely N-dealkylation sites (N-methyl/N-ethyl adjacent to an activating group) is 1. The van der Waals surface area contributed by atoms with Crippen LogP contribution in [0.25, 0.3) is 0 Å². The molecule has 2 rings (SSSR count). The molecule has 7 heteroatoms. The molecule has 2 heterocycles. The molecule has 0 radical (unpaired) electrons. The molecule has 112 valence electrons. The summed E-state index contributed by atoms with van der Waals surface area (Å²) in [6.07, 6.45) is 3.23. The third kappa shape index (κ3) is 2.95. The summed E-state index contributed by atoms with van der Waals surface area (Å²) in [5, 5.41) is 9.37. The number of nitrogens with zero attached hydrogens (tertiary/aromatic N) is 2. The van der Waals surface area contributed by atoms with Gasteiger partial charge >= 0.3 is 0 Å². The van der Waals surface area contributed by atoms with E-state index in [9.17, 15) is 13.5 Å². The normalized spacial score (nSPS) is 34.0. The van der Waals surface area contributed by atoms with Crippen LogP contribution < -0.4 is 0 Å². The molecule has 1 N–H and O–H groups in total. The molecule has 0 saturated carbocycles. The van der Waals surface area contributed by atoms with Crippen LogP contribution in [0.15, 0.2) is 0 Å². The molecule has 3 atom stereocenters. The smallest absolute Gasteiger partial charge is 0.282 e. The van der Waals surface area contributed by atoms with Crippen molar-refractivity contribution in [1.82, 2.24) is 8.61 Å². The van der Waals surface area contributed by atoms with Gasteiger partial charge in [-0.3, -0.25) is 0 Å². The minimum Gasteiger partial charge on any atom is -0.395 e. The molecule has 6 nitrogen and oxygen atoms in total. The zero-order valence-corrected chi connectivity index (χ0v) is 12.5. The average molecular weight is 292 g/mol. The largest absolute Gasteiger partial charge is 0.395 e. The van der Waals surface area contributed by atoms with Crippen molar-refractivity contribution in [2.75, 3.05) is 26.8 Å². The molecule has 2 aliphatic rings. The van der Waals surface area contributed by atoms with Gasteiger partial charge < -0.3 is 9.84 Å². The highest BCUT2D eigenvalue weighted by molar-refractivity contribution is 7.86. The highest BCUT2D eigenvalue weighted by Crippen LogP contribution is 2.26. The van der Waals surface area contributed by atoms with Gasteiger partial charge in [0.15, 0.2) is 0 Å². The summed E-state index contributed by atoms with van der Waals surface area (Å²) in [6, 6.07) is -0.384. The van der Waals surface area contributed by atoms with Gasteiger partial charge in [-0.2, -0.15) is 17.0 Å². The van der Waals surface area contributed by atoms with Gasteiger partial charge in [-0.15, -0.1) is 0 Å². The Hall–Kier alpha value is -0.210. The van der Waals surface area contributed by atoms with Crippen molar-refractivity contribution in [2.45, 2.75) is 50.8 Å². The van der Waals surface area contributed by atoms with Crippen LogP contribution >= 0.6 is 0 Å². The first-order valence-electron chi connectivity index (χ1n) is 6.95. The van der Waals surface area contributed by atoms with Gasteiger partial charge in [0.1, 0.15) is 0 Å². The minimum atomic E-state index is -3.51. The first-order chi connectivity index (χ1) is 8.98. The second kappa shape index (κ2) is 6.05. The van der Waals surface area contributed by atoms with Crippen molar-refractivity contribution >= 4 is 10.2 Å². The lowest BCUT2D eigenvalue weighted by atomic mass is 10.1. The fraction of sp³-hybridized carbons (Fsp3) is 1.00. The van der Waals surface area contributed by atoms with E-state index in [1.54, 1.807) is 7.05 Å². The molecule has 0 spiro atoms. The Labute approximate surface area is 115 Å². The Morgan fingerprint density at radius 1 is 1.37 bits per heavy atom. The molecule has 0 aliphatic carbocycles. The number of hydrogen-bond donors (Lipinski definition) is 1. The van der Waals surface area contributed by atoms with Crippen LogP contribution in [-0.2, 0) is 14.9 Å². The van der Waals surface area contributed by atoms with Gasteiger partial charge in [0.25, 0.3) is 10.2 Å². The number of hydrogen-bond acceptors (Lipinski definition) is 4. The van der Waals surface area contributed by atoms with Crippen molar-refractivity contribution in [3.8, 4) is 0 Å². The van der Waals surface area contributed by atoms with Gasteiger partial charge in [0, 0.05) is 26.2 Å². The lowest BCUT2D eigenvalue weighted by Gasteiger charge is -2.38. The molecule has 2 fully saturated rings. The van der Waals surface area contributed by atoms with E-state index in [1.807, 2.05) is 6.92 Å². The number of ether oxygens (including phenoxy) is 1. The van der Waals surface area contributed by atoms with Gasteiger partial charge in [-0.05, 0) is 26.2 Å². The molecular weight excluding hydrogens is 268 g/mol. The van der Waals surface area contributed by atoms with Crippen molar-refractivity contribution in [3.05, 3.63) is 0 Å². The maximum absolute atomic E-state index is 12.7. The second-order valence-electron chi connectivity index (χ2n) is 5.40. The molecule has 2 saturated heterocycles. The van der Waals surface area contributed by atoms with E-state index < -0.39 is 10.2 Å². The van der Waals surface area contributed by atoms with Gasteiger partial charge in [-0.1, -0.05) is 6.42 Å². The first-order valence-corrected chi connectivity index (χ1v) is 8.35. The highest BCUT2D eigenvalue weighted by atomic mass is 32.2. The van der Waals surface area contributed by atoms with E-state index in [0.717, 1.165) is 25.7 Å². The summed E-state index contributed by atoms with van der Waals surface area (Å²) in [5.41, 5.74) is 0. The van der Waals surface area contributed by atoms with E-state index in [4.69, 9.17) is 4.74 Å². The molecule has 0 aromatic heterocycles. The minimum absolute atomic E-state index is 0.0721. The topological polar surface area (TPSA) is 70.1 Å². The quantitative estimate of drug-likeness (QED) is 0.803. The summed E-state index contributed by atoms with van der Waals surface area (Å²) in [4.78, 5) is 0. The van der Waals surface area contributed by atoms with E-state index in [0.29, 0.717) is 13.2 Å². The van der Waals surface area contributed by atoms with E-state index in [2.05, 4.69) is 0 Å². The van der Waals surface area contributed by atoms with Gasteiger partial charge in [0.05, 0.1) is 18.8 Å². The van der Waals surface area contributed by atoms with Crippen LogP contribution in [0.5, 0.6) is 0 Å². The third-order valence-corrected chi connectivity index (χ3v) is 6.32. The van der Waals surface area contributed by atoms with Crippen molar-refractivity contribution in [3.63, 3.8) is 0 Å². The lowest BCUT2D eigenvalue weighted by Crippen LogP contribution is -2.54. The summed E-state index contributed by atoms with van der Waals surface area (Å²) >= 11 is 0. The van der Waals surface area contributed by atoms with Gasteiger partial charge in [0.2, 0.25) is 0 Å². The van der Waals surface area contributed by atoms with Crippen LogP contribution in [0, 0.1) is 0 Å². The van der Waals surface area contributed by atoms with Crippen LogP contribution in [0.2, 0.25) is 0 Å². The summed E-state index contributed by atoms with van der Waals surface area (Å²) < 4.78 is 33.7. The summed E-state index contributed by atoms with van der Waals surface area (Å²) in [7, 11) is -1.89. The molecule has 0 aromatic carbocycles. The zero-order valence-electron chi connectivity index (χ0n) is 11.7. The summed E-state index contributed by atoms with van der Waals surface area (Å²) in [6.45, 7) is 2.90. The maximum atomic E-state index is 12.7. The molecule has 0 aromatic rings. The summed E-state index contributed by atoms with van der Waals surface area (Å²) in [5.74, 6) is 0. The molecule has 0 amide bonds. The Morgan fingerprint density at radius 2 is 2.11 bits per heavy atom. The molecule has 2 aliphatic heterocycles. The standard InChI is InChI=1S/C12H24N2O4S/c1-10-12(6-8-18-10)13(2)19(16,17)14-7-4-3-5-11(14)9-15/h10-12,15H,3-9H2,1-2H3. The Balaban J connectivity index is 2.15. The van der Waals surface area contributed by atoms with Crippen molar-refractivity contribution < 1.29 is 18.3 Å². The average Bonchev–Trinajstić information content (AvgIpc) is 2.83. The number of aliphatic hydroxyl groups is 1. The van der Waals surface area contributed by atoms with Crippen molar-refractivity contribution in [2.24, 2.45) is 0 Å². The number of aliphatic hydroxyl groups excluding tert-OH is 1. The monoisotopic (exact) mass is 292 g/mol. The van der Waals surface area contributed by atoms with Crippen molar-refractivity contribution in [1.29, 1.82) is 0 Å². The molecule has 19 heavy (non-hydrogen) atoms. The van der Waals surface area contributed by atoms with Gasteiger partial charge in [-0.25, -0.2) is 0 Å². The second-order valence-corrected chi connectivity index (χ2v) is 7.34. The van der Waals surface area contributed by atoms with Crippen LogP contribution in [0.1, 0.15) is 32.6 Å². The van der Waals surface area contributed by atoms with E-state index in [1.165, 1.54) is 8.61 Å². The molecular formula is C12H24N2O4S. The van der Waals surface area contributed by atoms with Crippen LogP contribution in [-0.4, -0.2) is 67.1 Å². The zero-order chi connectivity index (χ0) is 14.0. The fourth-order valence-corrected chi connectivity index (χ4v) is 4.85. The Bertz CT molecular complexity index is 401. The highest BCUT2D eigenvalue weighted by Gasteiger charge is 2.40. The SMILES string of the molecule is CC1OCCC1N(C)S(=O)(=O)N1CCCCC1CO. The predicted octanol–water partition coefficient (Wildman–Crippen LogP) is 0.187. The Morgan fingerprint density at radius 3 is 2.68 bits per heavy atom. The fourth-order valence-electron chi connectivity index (χ4n) is 2.99.